The van der Waals surface area contributed by atoms with Crippen molar-refractivity contribution in [3.05, 3.63) is 85.0 Å². The minimum Gasteiger partial charge on any atom is -0.407 e. The fourth-order valence-electron chi connectivity index (χ4n) is 8.38. The van der Waals surface area contributed by atoms with Crippen molar-refractivity contribution in [2.75, 3.05) is 6.61 Å². The Balaban J connectivity index is 1.31. The first kappa shape index (κ1) is 49.2. The molecule has 0 spiro atoms. The van der Waals surface area contributed by atoms with Crippen LogP contribution in [0.1, 0.15) is 227 Å². The third-order valence-electron chi connectivity index (χ3n) is 11.8. The largest absolute Gasteiger partial charge is 0.407 e. The lowest BCUT2D eigenvalue weighted by Crippen LogP contribution is -2.66. The highest BCUT2D eigenvalue weighted by Crippen LogP contribution is 2.37. The van der Waals surface area contributed by atoms with E-state index in [-0.39, 0.29) is 5.04 Å². The van der Waals surface area contributed by atoms with Gasteiger partial charge in [0.25, 0.3) is 8.32 Å². The Morgan fingerprint density at radius 1 is 0.382 bits per heavy atom. The molecule has 0 aliphatic carbocycles. The van der Waals surface area contributed by atoms with Gasteiger partial charge in [0, 0.05) is 6.61 Å². The molecular formula is C53H90OSi. The average Bonchev–Trinajstić information content (AvgIpc) is 3.19. The van der Waals surface area contributed by atoms with Crippen LogP contribution in [-0.2, 0) is 4.43 Å². The van der Waals surface area contributed by atoms with E-state index in [9.17, 15) is 0 Å². The maximum absolute atomic E-state index is 7.07. The van der Waals surface area contributed by atoms with Crippen LogP contribution in [0.3, 0.4) is 0 Å². The molecule has 0 bridgehead atoms. The first-order chi connectivity index (χ1) is 27.0. The summed E-state index contributed by atoms with van der Waals surface area (Å²) in [5, 5.41) is 2.85. The van der Waals surface area contributed by atoms with Gasteiger partial charge in [0.05, 0.1) is 0 Å². The first-order valence-electron chi connectivity index (χ1n) is 24.1. The predicted molar refractivity (Wildman–Crippen MR) is 251 cm³/mol. The number of hydrogen-bond acceptors (Lipinski definition) is 1. The molecule has 2 aromatic carbocycles. The van der Waals surface area contributed by atoms with Crippen LogP contribution < -0.4 is 10.4 Å². The fourth-order valence-corrected chi connectivity index (χ4v) is 13.0. The summed E-state index contributed by atoms with van der Waals surface area (Å²) in [6.07, 6.45) is 52.8. The number of benzene rings is 2. The summed E-state index contributed by atoms with van der Waals surface area (Å²) in [6.45, 7) is 10.3. The SMILES string of the molecule is CCCC/C=C/CCCCCCC/C=C/CCCCCCCCCCCCCCCCCCCCCCO[Si](c1ccccc1)(c1ccccc1)C(C)(C)C. The quantitative estimate of drug-likeness (QED) is 0.0378. The van der Waals surface area contributed by atoms with Gasteiger partial charge >= 0.3 is 0 Å². The van der Waals surface area contributed by atoms with Crippen molar-refractivity contribution in [1.29, 1.82) is 0 Å². The second kappa shape index (κ2) is 34.2. The zero-order chi connectivity index (χ0) is 39.4. The van der Waals surface area contributed by atoms with E-state index in [4.69, 9.17) is 4.43 Å². The minimum atomic E-state index is -2.38. The molecule has 2 rings (SSSR count). The highest BCUT2D eigenvalue weighted by molar-refractivity contribution is 6.99. The van der Waals surface area contributed by atoms with Gasteiger partial charge in [-0.05, 0) is 66.8 Å². The molecule has 0 heterocycles. The van der Waals surface area contributed by atoms with E-state index in [2.05, 4.69) is 113 Å². The Bertz CT molecular complexity index is 1110. The van der Waals surface area contributed by atoms with Crippen molar-refractivity contribution in [3.8, 4) is 0 Å². The van der Waals surface area contributed by atoms with Crippen LogP contribution in [0.5, 0.6) is 0 Å². The molecule has 0 aliphatic rings. The Morgan fingerprint density at radius 2 is 0.655 bits per heavy atom. The van der Waals surface area contributed by atoms with Crippen molar-refractivity contribution < 1.29 is 4.43 Å². The Hall–Kier alpha value is -1.90. The standard InChI is InChI=1S/C53H90OSi/c1-5-6-7-8-9-10-11-12-13-14-15-16-17-18-19-20-21-22-23-24-25-26-27-28-29-30-31-32-33-34-35-36-37-38-45-50-54-55(53(2,3)4,51-46-41-39-42-47-51)52-48-43-40-44-49-52/h8-9,17-18,39-44,46-49H,5-7,10-16,19-38,45,50H2,1-4H3/b9-8+,18-17+. The van der Waals surface area contributed by atoms with E-state index >= 15 is 0 Å². The lowest BCUT2D eigenvalue weighted by Gasteiger charge is -2.43. The number of hydrogen-bond donors (Lipinski definition) is 0. The summed E-state index contributed by atoms with van der Waals surface area (Å²) in [5.74, 6) is 0. The normalized spacial score (nSPS) is 12.4. The highest BCUT2D eigenvalue weighted by Gasteiger charge is 2.49. The number of allylic oxidation sites excluding steroid dienone is 4. The molecule has 0 aromatic heterocycles. The third kappa shape index (κ3) is 23.8. The van der Waals surface area contributed by atoms with Crippen LogP contribution in [0.2, 0.25) is 5.04 Å². The van der Waals surface area contributed by atoms with Gasteiger partial charge in [-0.1, -0.05) is 260 Å². The lowest BCUT2D eigenvalue weighted by molar-refractivity contribution is 0.286. The van der Waals surface area contributed by atoms with Crippen molar-refractivity contribution >= 4 is 18.7 Å². The van der Waals surface area contributed by atoms with Crippen molar-refractivity contribution in [3.63, 3.8) is 0 Å². The van der Waals surface area contributed by atoms with Crippen LogP contribution in [0.25, 0.3) is 0 Å². The molecule has 0 N–H and O–H groups in total. The van der Waals surface area contributed by atoms with E-state index < -0.39 is 8.32 Å². The fraction of sp³-hybridized carbons (Fsp3) is 0.698. The van der Waals surface area contributed by atoms with E-state index in [0.717, 1.165) is 6.61 Å². The van der Waals surface area contributed by atoms with E-state index in [1.54, 1.807) is 0 Å². The Labute approximate surface area is 345 Å². The molecule has 0 saturated carbocycles. The van der Waals surface area contributed by atoms with Gasteiger partial charge < -0.3 is 4.43 Å². The monoisotopic (exact) mass is 771 g/mol. The molecule has 55 heavy (non-hydrogen) atoms. The summed E-state index contributed by atoms with van der Waals surface area (Å²) in [4.78, 5) is 0. The molecule has 2 aromatic rings. The van der Waals surface area contributed by atoms with Crippen LogP contribution in [0.15, 0.2) is 85.0 Å². The smallest absolute Gasteiger partial charge is 0.261 e. The Kier molecular flexibility index (Phi) is 30.6. The number of rotatable bonds is 37. The zero-order valence-electron chi connectivity index (χ0n) is 37.1. The van der Waals surface area contributed by atoms with E-state index in [0.29, 0.717) is 0 Å². The second-order valence-corrected chi connectivity index (χ2v) is 22.1. The second-order valence-electron chi connectivity index (χ2n) is 17.8. The highest BCUT2D eigenvalue weighted by atomic mass is 28.4. The van der Waals surface area contributed by atoms with Crippen molar-refractivity contribution in [2.45, 2.75) is 232 Å². The summed E-state index contributed by atoms with van der Waals surface area (Å²) in [6, 6.07) is 22.2. The summed E-state index contributed by atoms with van der Waals surface area (Å²) in [5.41, 5.74) is 0. The molecule has 0 unspecified atom stereocenters. The third-order valence-corrected chi connectivity index (χ3v) is 16.8. The van der Waals surface area contributed by atoms with Gasteiger partial charge in [-0.3, -0.25) is 0 Å². The van der Waals surface area contributed by atoms with Gasteiger partial charge in [0.2, 0.25) is 0 Å². The van der Waals surface area contributed by atoms with Crippen LogP contribution in [0.4, 0.5) is 0 Å². The summed E-state index contributed by atoms with van der Waals surface area (Å²) < 4.78 is 7.07. The Morgan fingerprint density at radius 3 is 0.945 bits per heavy atom. The van der Waals surface area contributed by atoms with E-state index in [1.807, 2.05) is 0 Å². The van der Waals surface area contributed by atoms with Crippen LogP contribution in [0, 0.1) is 0 Å². The molecule has 312 valence electrons. The van der Waals surface area contributed by atoms with Gasteiger partial charge in [0.15, 0.2) is 0 Å². The number of unbranched alkanes of at least 4 members (excludes halogenated alkanes) is 28. The topological polar surface area (TPSA) is 9.23 Å². The maximum Gasteiger partial charge on any atom is 0.261 e. The van der Waals surface area contributed by atoms with Gasteiger partial charge in [-0.2, -0.15) is 0 Å². The molecule has 0 radical (unpaired) electrons. The van der Waals surface area contributed by atoms with Gasteiger partial charge in [-0.15, -0.1) is 0 Å². The van der Waals surface area contributed by atoms with Crippen LogP contribution >= 0.6 is 0 Å². The minimum absolute atomic E-state index is 0.0673. The zero-order valence-corrected chi connectivity index (χ0v) is 38.1. The molecule has 1 nitrogen and oxygen atoms in total. The molecule has 2 heteroatoms. The summed E-state index contributed by atoms with van der Waals surface area (Å²) >= 11 is 0. The lowest BCUT2D eigenvalue weighted by atomic mass is 10.0. The van der Waals surface area contributed by atoms with Gasteiger partial charge in [0.1, 0.15) is 0 Å². The van der Waals surface area contributed by atoms with Crippen molar-refractivity contribution in [1.82, 2.24) is 0 Å². The average molecular weight is 771 g/mol. The van der Waals surface area contributed by atoms with Crippen molar-refractivity contribution in [2.24, 2.45) is 0 Å². The molecular weight excluding hydrogens is 681 g/mol. The van der Waals surface area contributed by atoms with Gasteiger partial charge in [-0.25, -0.2) is 0 Å². The maximum atomic E-state index is 7.07. The molecule has 0 aliphatic heterocycles. The first-order valence-corrected chi connectivity index (χ1v) is 26.0. The molecule has 0 fully saturated rings. The predicted octanol–water partition coefficient (Wildman–Crippen LogP) is 16.8. The van der Waals surface area contributed by atoms with Crippen LogP contribution in [-0.4, -0.2) is 14.9 Å². The van der Waals surface area contributed by atoms with E-state index in [1.165, 1.54) is 209 Å². The molecule has 0 saturated heterocycles. The molecule has 0 atom stereocenters. The summed E-state index contributed by atoms with van der Waals surface area (Å²) in [7, 11) is -2.38. The molecule has 0 amide bonds.